The van der Waals surface area contributed by atoms with Crippen LogP contribution in [0.5, 0.6) is 11.5 Å². The number of para-hydroxylation sites is 3. The Morgan fingerprint density at radius 2 is 1.31 bits per heavy atom. The molecule has 0 bridgehead atoms. The number of pyridine rings is 1. The summed E-state index contributed by atoms with van der Waals surface area (Å²) in [5.41, 5.74) is 5.17. The fourth-order valence-corrected chi connectivity index (χ4v) is 7.98. The molecule has 0 unspecified atom stereocenters. The van der Waals surface area contributed by atoms with Crippen LogP contribution >= 0.6 is 0 Å². The fourth-order valence-electron chi connectivity index (χ4n) is 7.98. The minimum atomic E-state index is -0.571. The summed E-state index contributed by atoms with van der Waals surface area (Å²) in [7, 11) is 0. The minimum Gasteiger partial charge on any atom is -0.510 e. The van der Waals surface area contributed by atoms with Crippen molar-refractivity contribution in [3.05, 3.63) is 199 Å². The van der Waals surface area contributed by atoms with Crippen molar-refractivity contribution >= 4 is 32.8 Å². The summed E-state index contributed by atoms with van der Waals surface area (Å²) >= 11 is 0. The van der Waals surface area contributed by atoms with Crippen LogP contribution in [0, 0.1) is 18.5 Å². The van der Waals surface area contributed by atoms with Crippen molar-refractivity contribution in [2.45, 2.75) is 52.4 Å². The maximum atomic E-state index is 9.10. The quantitative estimate of drug-likeness (QED) is 0.118. The number of hydrogen-bond donors (Lipinski definition) is 0. The molecule has 0 aliphatic rings. The molecule has 3 aromatic heterocycles. The second-order valence-electron chi connectivity index (χ2n) is 17.0. The van der Waals surface area contributed by atoms with Gasteiger partial charge in [0, 0.05) is 44.3 Å². The second-order valence-corrected chi connectivity index (χ2v) is 17.0. The van der Waals surface area contributed by atoms with Gasteiger partial charge in [-0.2, -0.15) is 18.2 Å². The first-order valence-corrected chi connectivity index (χ1v) is 20.1. The van der Waals surface area contributed by atoms with Crippen LogP contribution in [0.2, 0.25) is 0 Å². The Morgan fingerprint density at radius 3 is 2.00 bits per heavy atom. The van der Waals surface area contributed by atoms with Gasteiger partial charge in [0.05, 0.1) is 30.4 Å². The van der Waals surface area contributed by atoms with Gasteiger partial charge < -0.3 is 13.9 Å². The molecule has 0 saturated heterocycles. The number of nitrogens with zero attached hydrogens (tertiary/aromatic N) is 4. The van der Waals surface area contributed by atoms with E-state index in [0.717, 1.165) is 38.8 Å². The van der Waals surface area contributed by atoms with Crippen LogP contribution in [0.25, 0.3) is 72.3 Å². The van der Waals surface area contributed by atoms with Crippen molar-refractivity contribution in [3.8, 4) is 50.9 Å². The van der Waals surface area contributed by atoms with E-state index in [1.54, 1.807) is 28.8 Å². The van der Waals surface area contributed by atoms with Crippen molar-refractivity contribution in [1.29, 1.82) is 0 Å². The summed E-state index contributed by atoms with van der Waals surface area (Å²) in [5, 5.41) is 2.02. The number of fused-ring (bicyclic) bond motifs is 4. The van der Waals surface area contributed by atoms with Crippen LogP contribution < -0.4 is 9.30 Å². The molecule has 0 atom stereocenters. The molecule has 6 heteroatoms. The van der Waals surface area contributed by atoms with E-state index in [2.05, 4.69) is 82.8 Å². The second kappa shape index (κ2) is 16.0. The van der Waals surface area contributed by atoms with E-state index in [1.807, 2.05) is 71.4 Å². The summed E-state index contributed by atoms with van der Waals surface area (Å²) in [6.07, 6.45) is 5.34. The molecular weight excluding hydrogens is 940 g/mol. The van der Waals surface area contributed by atoms with Crippen LogP contribution in [-0.4, -0.2) is 14.1 Å². The predicted molar refractivity (Wildman–Crippen MR) is 248 cm³/mol. The molecule has 0 saturated carbocycles. The van der Waals surface area contributed by atoms with Gasteiger partial charge in [-0.05, 0) is 73.5 Å². The zero-order valence-electron chi connectivity index (χ0n) is 44.9. The van der Waals surface area contributed by atoms with E-state index in [9.17, 15) is 0 Å². The summed E-state index contributed by atoms with van der Waals surface area (Å²) in [5.74, 6) is 1.55. The SMILES string of the molecule is [2H]c1c([2H])c([2H])c(-c2cccc(-c3c([2H])c([2H])c([2H])c([2H])c3[2H])c2-[n+]2[c-]n(-c3[c-]c(Oc4[c-]c5c(cc4)c4ccccc4n5-c4cc(C(C)(C)C)ccn4)ccc3)c3c(C(C)(C)C)cccc32)c([2H])c1[2H].[Pt]. The first-order chi connectivity index (χ1) is 33.7. The van der Waals surface area contributed by atoms with Crippen molar-refractivity contribution in [2.75, 3.05) is 0 Å². The Balaban J connectivity index is 0.00000640. The zero-order chi connectivity index (χ0) is 50.6. The van der Waals surface area contributed by atoms with E-state index < -0.39 is 65.8 Å². The van der Waals surface area contributed by atoms with E-state index in [0.29, 0.717) is 28.2 Å². The smallest absolute Gasteiger partial charge is 0.268 e. The third kappa shape index (κ3) is 7.35. The number of aromatic nitrogens is 4. The Hall–Kier alpha value is -6.55. The number of ether oxygens (including phenoxy) is 1. The maximum absolute atomic E-state index is 9.10. The number of imidazole rings is 1. The molecule has 0 N–H and O–H groups in total. The average Bonchev–Trinajstić information content (AvgIpc) is 3.89. The third-order valence-electron chi connectivity index (χ3n) is 10.9. The van der Waals surface area contributed by atoms with Crippen LogP contribution in [0.1, 0.15) is 66.4 Å². The average molecular weight is 996 g/mol. The maximum Gasteiger partial charge on any atom is 0.268 e. The first-order valence-electron chi connectivity index (χ1n) is 25.1. The van der Waals surface area contributed by atoms with Crippen LogP contribution in [0.15, 0.2) is 170 Å². The first kappa shape index (κ1) is 30.5. The number of rotatable bonds is 7. The molecule has 0 radical (unpaired) electrons. The molecule has 0 aliphatic heterocycles. The summed E-state index contributed by atoms with van der Waals surface area (Å²) in [4.78, 5) is 4.81. The molecule has 10 rings (SSSR count). The largest absolute Gasteiger partial charge is 0.510 e. The summed E-state index contributed by atoms with van der Waals surface area (Å²) in [6, 6.07) is 34.0. The van der Waals surface area contributed by atoms with Crippen LogP contribution in [0.3, 0.4) is 0 Å². The monoisotopic (exact) mass is 995 g/mol. The van der Waals surface area contributed by atoms with Gasteiger partial charge in [0.2, 0.25) is 0 Å². The van der Waals surface area contributed by atoms with Crippen molar-refractivity contribution < 1.29 is 44.1 Å². The fraction of sp³-hybridized carbons (Fsp3) is 0.143. The Kier molecular flexibility index (Phi) is 7.89. The van der Waals surface area contributed by atoms with Gasteiger partial charge in [0.1, 0.15) is 5.82 Å². The Bertz CT molecular complexity index is 3710. The van der Waals surface area contributed by atoms with Crippen molar-refractivity contribution in [2.24, 2.45) is 0 Å². The molecule has 0 spiro atoms. The van der Waals surface area contributed by atoms with Crippen LogP contribution in [0.4, 0.5) is 0 Å². The van der Waals surface area contributed by atoms with Gasteiger partial charge in [-0.1, -0.05) is 162 Å². The van der Waals surface area contributed by atoms with E-state index in [1.165, 1.54) is 0 Å². The van der Waals surface area contributed by atoms with Gasteiger partial charge in [0.25, 0.3) is 6.33 Å². The summed E-state index contributed by atoms with van der Waals surface area (Å²) < 4.78 is 99.9. The molecule has 0 amide bonds. The molecule has 308 valence electrons. The van der Waals surface area contributed by atoms with E-state index in [4.69, 9.17) is 23.4 Å². The van der Waals surface area contributed by atoms with E-state index >= 15 is 0 Å². The zero-order valence-corrected chi connectivity index (χ0v) is 37.2. The molecule has 3 heterocycles. The molecule has 5 nitrogen and oxygen atoms in total. The van der Waals surface area contributed by atoms with Gasteiger partial charge in [-0.25, -0.2) is 4.98 Å². The minimum absolute atomic E-state index is 0. The van der Waals surface area contributed by atoms with Crippen LogP contribution in [-0.2, 0) is 31.9 Å². The molecule has 62 heavy (non-hydrogen) atoms. The topological polar surface area (TPSA) is 35.9 Å². The van der Waals surface area contributed by atoms with Crippen molar-refractivity contribution in [1.82, 2.24) is 14.1 Å². The number of hydrogen-bond acceptors (Lipinski definition) is 2. The number of benzene rings is 7. The van der Waals surface area contributed by atoms with Gasteiger partial charge in [-0.3, -0.25) is 4.57 Å². The molecule has 7 aromatic carbocycles. The summed E-state index contributed by atoms with van der Waals surface area (Å²) in [6.45, 7) is 12.7. The molecular formula is C56H46N4OPt-2. The normalized spacial score (nSPS) is 14.2. The standard InChI is InChI=1S/C56H46N4O.Pt/c1-55(2,3)40-32-33-57-52(34-40)60-49-28-14-13-24-46(49)47-31-30-43(36-51(47)60)61-42-23-15-22-41(35-42)58-37-59(50-29-17-27-48(54(50)58)56(4,5)6)53-44(38-18-9-7-10-19-38)25-16-26-45(53)39-20-11-8-12-21-39;/h7-34H,1-6H3;/q-2;/i7D,8D,9D,10D,11D,12D,18D,19D,20D,21D;. The van der Waals surface area contributed by atoms with Gasteiger partial charge in [0.15, 0.2) is 0 Å². The molecule has 0 fully saturated rings. The predicted octanol–water partition coefficient (Wildman–Crippen LogP) is 13.5. The van der Waals surface area contributed by atoms with E-state index in [-0.39, 0.29) is 54.4 Å². The third-order valence-corrected chi connectivity index (χ3v) is 10.9. The van der Waals surface area contributed by atoms with Gasteiger partial charge >= 0.3 is 0 Å². The van der Waals surface area contributed by atoms with Gasteiger partial charge in [-0.15, -0.1) is 29.7 Å². The Morgan fingerprint density at radius 1 is 0.645 bits per heavy atom. The van der Waals surface area contributed by atoms with Crippen molar-refractivity contribution in [3.63, 3.8) is 0 Å². The Labute approximate surface area is 392 Å². The molecule has 10 aromatic rings. The molecule has 0 aliphatic carbocycles.